The standard InChI is InChI=1S/C15H14Br2ClNO2/c1-20-14-5-12(17)15(6-11(14)16)21-8-10-3-2-9(7-19)4-13(10)18/h2-6H,7-8,19H2,1H3. The van der Waals surface area contributed by atoms with Crippen molar-refractivity contribution >= 4 is 43.5 Å². The fraction of sp³-hybridized carbons (Fsp3) is 0.200. The van der Waals surface area contributed by atoms with Crippen LogP contribution < -0.4 is 15.2 Å². The zero-order valence-corrected chi connectivity index (χ0v) is 15.3. The SMILES string of the molecule is COc1cc(Br)c(OCc2ccc(CN)cc2Cl)cc1Br. The number of hydrogen-bond donors (Lipinski definition) is 1. The first-order chi connectivity index (χ1) is 10.0. The number of nitrogens with two attached hydrogens (primary N) is 1. The summed E-state index contributed by atoms with van der Waals surface area (Å²) in [5, 5.41) is 0.654. The van der Waals surface area contributed by atoms with Crippen molar-refractivity contribution in [1.82, 2.24) is 0 Å². The maximum atomic E-state index is 6.22. The van der Waals surface area contributed by atoms with Gasteiger partial charge in [0.15, 0.2) is 0 Å². The maximum Gasteiger partial charge on any atom is 0.135 e. The molecule has 0 heterocycles. The Bertz CT molecular complexity index is 650. The Morgan fingerprint density at radius 3 is 2.38 bits per heavy atom. The van der Waals surface area contributed by atoms with Crippen LogP contribution in [0, 0.1) is 0 Å². The van der Waals surface area contributed by atoms with E-state index in [1.807, 2.05) is 30.3 Å². The third kappa shape index (κ3) is 4.13. The predicted octanol–water partition coefficient (Wildman–Crippen LogP) is 4.91. The topological polar surface area (TPSA) is 44.5 Å². The minimum absolute atomic E-state index is 0.376. The fourth-order valence-electron chi connectivity index (χ4n) is 1.77. The Labute approximate surface area is 145 Å². The lowest BCUT2D eigenvalue weighted by atomic mass is 10.1. The zero-order valence-electron chi connectivity index (χ0n) is 11.3. The van der Waals surface area contributed by atoms with Crippen LogP contribution in [0.25, 0.3) is 0 Å². The van der Waals surface area contributed by atoms with Crippen molar-refractivity contribution in [2.24, 2.45) is 5.73 Å². The molecule has 6 heteroatoms. The number of hydrogen-bond acceptors (Lipinski definition) is 3. The molecule has 0 fully saturated rings. The van der Waals surface area contributed by atoms with Gasteiger partial charge in [-0.25, -0.2) is 0 Å². The fourth-order valence-corrected chi connectivity index (χ4v) is 2.95. The molecule has 2 aromatic carbocycles. The van der Waals surface area contributed by atoms with Gasteiger partial charge in [-0.3, -0.25) is 0 Å². The van der Waals surface area contributed by atoms with Crippen molar-refractivity contribution < 1.29 is 9.47 Å². The second-order valence-electron chi connectivity index (χ2n) is 4.34. The molecule has 0 atom stereocenters. The van der Waals surface area contributed by atoms with E-state index in [1.165, 1.54) is 0 Å². The summed E-state index contributed by atoms with van der Waals surface area (Å²) in [6.45, 7) is 0.846. The van der Waals surface area contributed by atoms with Gasteiger partial charge in [0.25, 0.3) is 0 Å². The van der Waals surface area contributed by atoms with Crippen molar-refractivity contribution in [1.29, 1.82) is 0 Å². The van der Waals surface area contributed by atoms with Gasteiger partial charge in [0.05, 0.1) is 16.1 Å². The Morgan fingerprint density at radius 1 is 1.10 bits per heavy atom. The summed E-state index contributed by atoms with van der Waals surface area (Å²) in [5.41, 5.74) is 7.49. The molecule has 2 N–H and O–H groups in total. The van der Waals surface area contributed by atoms with Crippen molar-refractivity contribution in [3.8, 4) is 11.5 Å². The van der Waals surface area contributed by atoms with E-state index < -0.39 is 0 Å². The molecule has 0 spiro atoms. The van der Waals surface area contributed by atoms with Crippen LogP contribution >= 0.6 is 43.5 Å². The largest absolute Gasteiger partial charge is 0.496 e. The van der Waals surface area contributed by atoms with Crippen LogP contribution in [-0.4, -0.2) is 7.11 Å². The quantitative estimate of drug-likeness (QED) is 0.726. The normalized spacial score (nSPS) is 10.5. The first-order valence-electron chi connectivity index (χ1n) is 6.18. The van der Waals surface area contributed by atoms with E-state index in [0.29, 0.717) is 23.9 Å². The minimum Gasteiger partial charge on any atom is -0.496 e. The number of methoxy groups -OCH3 is 1. The van der Waals surface area contributed by atoms with Crippen molar-refractivity contribution in [2.45, 2.75) is 13.2 Å². The summed E-state index contributed by atoms with van der Waals surface area (Å²) >= 11 is 13.1. The minimum atomic E-state index is 0.376. The van der Waals surface area contributed by atoms with Gasteiger partial charge in [0, 0.05) is 17.1 Å². The van der Waals surface area contributed by atoms with Crippen molar-refractivity contribution in [3.05, 3.63) is 55.4 Å². The molecule has 0 saturated heterocycles. The van der Waals surface area contributed by atoms with Gasteiger partial charge in [0.2, 0.25) is 0 Å². The van der Waals surface area contributed by atoms with Crippen LogP contribution in [0.15, 0.2) is 39.3 Å². The molecule has 2 aromatic rings. The van der Waals surface area contributed by atoms with E-state index in [0.717, 1.165) is 25.8 Å². The molecule has 3 nitrogen and oxygen atoms in total. The molecule has 0 amide bonds. The smallest absolute Gasteiger partial charge is 0.135 e. The Balaban J connectivity index is 2.15. The summed E-state index contributed by atoms with van der Waals surface area (Å²) in [7, 11) is 1.62. The Hall–Kier alpha value is -0.750. The third-order valence-corrected chi connectivity index (χ3v) is 4.53. The van der Waals surface area contributed by atoms with Crippen molar-refractivity contribution in [2.75, 3.05) is 7.11 Å². The molecular formula is C15H14Br2ClNO2. The first kappa shape index (κ1) is 16.6. The highest BCUT2D eigenvalue weighted by atomic mass is 79.9. The third-order valence-electron chi connectivity index (χ3n) is 2.94. The van der Waals surface area contributed by atoms with Crippen LogP contribution in [0.5, 0.6) is 11.5 Å². The van der Waals surface area contributed by atoms with Crippen LogP contribution in [0.3, 0.4) is 0 Å². The molecule has 112 valence electrons. The summed E-state index contributed by atoms with van der Waals surface area (Å²) in [6, 6.07) is 9.43. The van der Waals surface area contributed by atoms with Gasteiger partial charge in [-0.1, -0.05) is 23.7 Å². The van der Waals surface area contributed by atoms with Gasteiger partial charge < -0.3 is 15.2 Å². The molecule has 0 unspecified atom stereocenters. The summed E-state index contributed by atoms with van der Waals surface area (Å²) in [5.74, 6) is 1.45. The van der Waals surface area contributed by atoms with Gasteiger partial charge in [-0.15, -0.1) is 0 Å². The monoisotopic (exact) mass is 433 g/mol. The highest BCUT2D eigenvalue weighted by Crippen LogP contribution is 2.36. The summed E-state index contributed by atoms with van der Waals surface area (Å²) in [4.78, 5) is 0. The number of benzene rings is 2. The van der Waals surface area contributed by atoms with Crippen LogP contribution in [0.4, 0.5) is 0 Å². The van der Waals surface area contributed by atoms with E-state index >= 15 is 0 Å². The predicted molar refractivity (Wildman–Crippen MR) is 92.1 cm³/mol. The molecule has 0 bridgehead atoms. The maximum absolute atomic E-state index is 6.22. The van der Waals surface area contributed by atoms with Crippen LogP contribution in [-0.2, 0) is 13.2 Å². The van der Waals surface area contributed by atoms with Gasteiger partial charge >= 0.3 is 0 Å². The van der Waals surface area contributed by atoms with Crippen LogP contribution in [0.1, 0.15) is 11.1 Å². The van der Waals surface area contributed by atoms with E-state index in [1.54, 1.807) is 7.11 Å². The average molecular weight is 436 g/mol. The molecule has 21 heavy (non-hydrogen) atoms. The molecule has 0 aliphatic heterocycles. The molecule has 0 aliphatic carbocycles. The van der Waals surface area contributed by atoms with Crippen LogP contribution in [0.2, 0.25) is 5.02 Å². The number of rotatable bonds is 5. The highest BCUT2D eigenvalue weighted by molar-refractivity contribution is 9.11. The Kier molecular flexibility index (Phi) is 5.93. The second kappa shape index (κ2) is 7.49. The van der Waals surface area contributed by atoms with E-state index in [-0.39, 0.29) is 0 Å². The van der Waals surface area contributed by atoms with Gasteiger partial charge in [-0.05, 0) is 55.6 Å². The molecule has 0 radical (unpaired) electrons. The summed E-state index contributed by atoms with van der Waals surface area (Å²) in [6.07, 6.45) is 0. The molecule has 0 saturated carbocycles. The lowest BCUT2D eigenvalue weighted by Crippen LogP contribution is -2.00. The van der Waals surface area contributed by atoms with E-state index in [9.17, 15) is 0 Å². The zero-order chi connectivity index (χ0) is 15.4. The molecule has 0 aliphatic rings. The molecular weight excluding hydrogens is 421 g/mol. The Morgan fingerprint density at radius 2 is 1.76 bits per heavy atom. The van der Waals surface area contributed by atoms with E-state index in [4.69, 9.17) is 26.8 Å². The lowest BCUT2D eigenvalue weighted by Gasteiger charge is -2.12. The lowest BCUT2D eigenvalue weighted by molar-refractivity contribution is 0.303. The first-order valence-corrected chi connectivity index (χ1v) is 8.14. The van der Waals surface area contributed by atoms with Gasteiger partial charge in [0.1, 0.15) is 18.1 Å². The number of ether oxygens (including phenoxy) is 2. The van der Waals surface area contributed by atoms with Crippen molar-refractivity contribution in [3.63, 3.8) is 0 Å². The molecule has 2 rings (SSSR count). The number of halogens is 3. The highest BCUT2D eigenvalue weighted by Gasteiger charge is 2.09. The second-order valence-corrected chi connectivity index (χ2v) is 6.45. The average Bonchev–Trinajstić information content (AvgIpc) is 2.48. The van der Waals surface area contributed by atoms with Gasteiger partial charge in [-0.2, -0.15) is 0 Å². The molecule has 0 aromatic heterocycles. The summed E-state index contributed by atoms with van der Waals surface area (Å²) < 4.78 is 12.7. The van der Waals surface area contributed by atoms with E-state index in [2.05, 4.69) is 31.9 Å².